The van der Waals surface area contributed by atoms with E-state index in [1.165, 1.54) is 44.0 Å². The van der Waals surface area contributed by atoms with Crippen LogP contribution in [-0.2, 0) is 26.4 Å². The summed E-state index contributed by atoms with van der Waals surface area (Å²) in [5.74, 6) is 0. The number of rotatable bonds is 8. The fourth-order valence-electron chi connectivity index (χ4n) is 8.15. The van der Waals surface area contributed by atoms with E-state index >= 15 is 0 Å². The third kappa shape index (κ3) is 3.98. The third-order valence-corrected chi connectivity index (χ3v) is 13.8. The van der Waals surface area contributed by atoms with Crippen LogP contribution in [0.4, 0.5) is 0 Å². The average Bonchev–Trinajstić information content (AvgIpc) is 4.06. The molecule has 2 fully saturated rings. The van der Waals surface area contributed by atoms with Gasteiger partial charge in [-0.3, -0.25) is 0 Å². The normalized spacial score (nSPS) is 24.0. The van der Waals surface area contributed by atoms with Crippen molar-refractivity contribution in [3.8, 4) is 0 Å². The summed E-state index contributed by atoms with van der Waals surface area (Å²) in [5, 5.41) is 2.18. The smallest absolute Gasteiger partial charge is 0.153 e. The van der Waals surface area contributed by atoms with Crippen molar-refractivity contribution < 1.29 is 9.47 Å². The zero-order valence-corrected chi connectivity index (χ0v) is 27.4. The molecule has 224 valence electrons. The molecular formula is C42H34O2P2. The number of hydrogen-bond donors (Lipinski definition) is 0. The standard InChI is InChI=1S/C42H34O2P2/c45-41(31-18-5-1-6-19-31,32-20-7-2-8-21-32)42-39-38(43-39)35-26-14-16-28-37(35)40(42,44-42)36-27-15-13-17-30(36)29-46(33-22-9-3-10-23-33)34-24-11-4-12-25-34/h1-28,38-39H,29,45H2. The molecule has 0 radical (unpaired) electrons. The van der Waals surface area contributed by atoms with Gasteiger partial charge in [-0.1, -0.05) is 170 Å². The topological polar surface area (TPSA) is 25.1 Å². The zero-order valence-electron chi connectivity index (χ0n) is 25.4. The molecule has 3 aliphatic rings. The van der Waals surface area contributed by atoms with Gasteiger partial charge < -0.3 is 9.47 Å². The molecule has 6 aromatic carbocycles. The number of ether oxygens (including phenoxy) is 2. The van der Waals surface area contributed by atoms with Crippen LogP contribution in [0, 0.1) is 0 Å². The quantitative estimate of drug-likeness (QED) is 0.124. The third-order valence-electron chi connectivity index (χ3n) is 10.2. The van der Waals surface area contributed by atoms with Crippen molar-refractivity contribution in [3.05, 3.63) is 203 Å². The molecule has 0 bridgehead atoms. The van der Waals surface area contributed by atoms with Gasteiger partial charge in [0.25, 0.3) is 0 Å². The molecule has 6 aromatic rings. The van der Waals surface area contributed by atoms with E-state index in [-0.39, 0.29) is 12.2 Å². The van der Waals surface area contributed by atoms with Gasteiger partial charge in [0.1, 0.15) is 12.2 Å². The molecule has 5 atom stereocenters. The van der Waals surface area contributed by atoms with E-state index in [4.69, 9.17) is 9.47 Å². The van der Waals surface area contributed by atoms with E-state index in [0.29, 0.717) is 0 Å². The van der Waals surface area contributed by atoms with Crippen molar-refractivity contribution in [2.75, 3.05) is 0 Å². The van der Waals surface area contributed by atoms with E-state index in [1.54, 1.807) is 0 Å². The van der Waals surface area contributed by atoms with E-state index in [1.807, 2.05) is 0 Å². The Hall–Kier alpha value is -3.90. The zero-order chi connectivity index (χ0) is 30.8. The second kappa shape index (κ2) is 10.8. The summed E-state index contributed by atoms with van der Waals surface area (Å²) in [6, 6.07) is 61.6. The molecule has 9 rings (SSSR count). The van der Waals surface area contributed by atoms with Crippen LogP contribution in [0.3, 0.4) is 0 Å². The molecule has 4 heteroatoms. The van der Waals surface area contributed by atoms with Crippen LogP contribution in [-0.4, -0.2) is 11.7 Å². The van der Waals surface area contributed by atoms with E-state index < -0.39 is 24.3 Å². The highest BCUT2D eigenvalue weighted by Crippen LogP contribution is 2.80. The van der Waals surface area contributed by atoms with E-state index in [9.17, 15) is 0 Å². The number of fused-ring (bicyclic) bond motifs is 6. The molecule has 0 N–H and O–H groups in total. The van der Waals surface area contributed by atoms with Crippen molar-refractivity contribution in [2.24, 2.45) is 0 Å². The van der Waals surface area contributed by atoms with Crippen LogP contribution >= 0.6 is 17.2 Å². The monoisotopic (exact) mass is 632 g/mol. The highest BCUT2D eigenvalue weighted by atomic mass is 31.1. The Morgan fingerprint density at radius 3 is 1.63 bits per heavy atom. The van der Waals surface area contributed by atoms with Crippen molar-refractivity contribution in [3.63, 3.8) is 0 Å². The summed E-state index contributed by atoms with van der Waals surface area (Å²) in [6.07, 6.45) is 0.841. The van der Waals surface area contributed by atoms with Gasteiger partial charge in [-0.2, -0.15) is 0 Å². The molecular weight excluding hydrogens is 598 g/mol. The lowest BCUT2D eigenvalue weighted by Crippen LogP contribution is -2.49. The van der Waals surface area contributed by atoms with Gasteiger partial charge in [0.2, 0.25) is 0 Å². The summed E-state index contributed by atoms with van der Waals surface area (Å²) in [5.41, 5.74) is 6.08. The minimum absolute atomic E-state index is 0.0112. The first-order valence-electron chi connectivity index (χ1n) is 16.0. The Morgan fingerprint density at radius 2 is 1.04 bits per heavy atom. The van der Waals surface area contributed by atoms with Crippen LogP contribution in [0.2, 0.25) is 0 Å². The minimum Gasteiger partial charge on any atom is -0.361 e. The Kier molecular flexibility index (Phi) is 6.67. The molecule has 0 saturated carbocycles. The molecule has 1 aliphatic carbocycles. The highest BCUT2D eigenvalue weighted by Gasteiger charge is 2.89. The lowest BCUT2D eigenvalue weighted by atomic mass is 9.63. The maximum atomic E-state index is 7.59. The van der Waals surface area contributed by atoms with Gasteiger partial charge in [-0.15, -0.1) is 9.24 Å². The lowest BCUT2D eigenvalue weighted by Gasteiger charge is -2.41. The molecule has 5 unspecified atom stereocenters. The van der Waals surface area contributed by atoms with Crippen LogP contribution in [0.5, 0.6) is 0 Å². The second-order valence-corrected chi connectivity index (χ2v) is 15.6. The molecule has 2 heterocycles. The Balaban J connectivity index is 1.28. The maximum Gasteiger partial charge on any atom is 0.153 e. The van der Waals surface area contributed by atoms with E-state index in [2.05, 4.69) is 179 Å². The fourth-order valence-corrected chi connectivity index (χ4v) is 11.3. The van der Waals surface area contributed by atoms with Gasteiger partial charge in [0.05, 0.1) is 5.16 Å². The number of hydrogen-bond acceptors (Lipinski definition) is 2. The van der Waals surface area contributed by atoms with Crippen LogP contribution in [0.1, 0.15) is 39.5 Å². The Labute approximate surface area is 274 Å². The number of epoxide rings is 2. The Bertz CT molecular complexity index is 1940. The maximum absolute atomic E-state index is 7.59. The SMILES string of the molecule is PC(c1ccccc1)(c1ccccc1)C12OC1(c1ccccc1CP(c1ccccc1)c1ccccc1)c1ccccc1C1OC12. The predicted octanol–water partition coefficient (Wildman–Crippen LogP) is 8.60. The molecule has 0 aromatic heterocycles. The first-order chi connectivity index (χ1) is 22.7. The minimum atomic E-state index is -0.695. The summed E-state index contributed by atoms with van der Waals surface area (Å²) >= 11 is 0. The molecule has 0 amide bonds. The molecule has 46 heavy (non-hydrogen) atoms. The first-order valence-corrected chi connectivity index (χ1v) is 18.1. The highest BCUT2D eigenvalue weighted by molar-refractivity contribution is 7.72. The van der Waals surface area contributed by atoms with Gasteiger partial charge in [-0.25, -0.2) is 0 Å². The summed E-state index contributed by atoms with van der Waals surface area (Å²) in [4.78, 5) is 0. The van der Waals surface area contributed by atoms with Gasteiger partial charge in [-0.05, 0) is 51.9 Å². The van der Waals surface area contributed by atoms with Crippen molar-refractivity contribution in [1.82, 2.24) is 0 Å². The van der Waals surface area contributed by atoms with Gasteiger partial charge in [0.15, 0.2) is 11.2 Å². The van der Waals surface area contributed by atoms with Crippen molar-refractivity contribution in [2.45, 2.75) is 34.7 Å². The average molecular weight is 633 g/mol. The van der Waals surface area contributed by atoms with Gasteiger partial charge >= 0.3 is 0 Å². The first kappa shape index (κ1) is 28.3. The largest absolute Gasteiger partial charge is 0.361 e. The molecule has 2 saturated heterocycles. The van der Waals surface area contributed by atoms with E-state index in [0.717, 1.165) is 6.16 Å². The van der Waals surface area contributed by atoms with Gasteiger partial charge in [0, 0.05) is 6.16 Å². The van der Waals surface area contributed by atoms with Crippen LogP contribution < -0.4 is 10.6 Å². The lowest BCUT2D eigenvalue weighted by molar-refractivity contribution is 0.198. The summed E-state index contributed by atoms with van der Waals surface area (Å²) in [6.45, 7) is 0. The number of benzene rings is 6. The molecule has 0 spiro atoms. The summed E-state index contributed by atoms with van der Waals surface area (Å²) in [7, 11) is 2.65. The van der Waals surface area contributed by atoms with Crippen LogP contribution in [0.25, 0.3) is 0 Å². The van der Waals surface area contributed by atoms with Crippen LogP contribution in [0.15, 0.2) is 170 Å². The predicted molar refractivity (Wildman–Crippen MR) is 191 cm³/mol. The molecule has 2 nitrogen and oxygen atoms in total. The Morgan fingerprint density at radius 1 is 0.565 bits per heavy atom. The molecule has 2 aliphatic heterocycles. The van der Waals surface area contributed by atoms with Crippen molar-refractivity contribution >= 4 is 27.8 Å². The second-order valence-electron chi connectivity index (χ2n) is 12.5. The summed E-state index contributed by atoms with van der Waals surface area (Å²) < 4.78 is 14.3. The fraction of sp³-hybridized carbons (Fsp3) is 0.143. The van der Waals surface area contributed by atoms with Crippen molar-refractivity contribution in [1.29, 1.82) is 0 Å².